The molecular formula is C16H23BrFNO. The van der Waals surface area contributed by atoms with Gasteiger partial charge in [-0.15, -0.1) is 0 Å². The Labute approximate surface area is 129 Å². The monoisotopic (exact) mass is 343 g/mol. The molecule has 4 heteroatoms. The molecule has 0 aliphatic heterocycles. The number of hydrogen-bond donors (Lipinski definition) is 1. The summed E-state index contributed by atoms with van der Waals surface area (Å²) in [5.74, 6) is -0.192. The Hall–Kier alpha value is -0.450. The fourth-order valence-electron chi connectivity index (χ4n) is 3.32. The molecule has 112 valence electrons. The first-order valence-corrected chi connectivity index (χ1v) is 8.12. The Kier molecular flexibility index (Phi) is 5.58. The van der Waals surface area contributed by atoms with Gasteiger partial charge in [-0.1, -0.05) is 35.7 Å². The summed E-state index contributed by atoms with van der Waals surface area (Å²) in [4.78, 5) is 0. The minimum absolute atomic E-state index is 0.102. The van der Waals surface area contributed by atoms with E-state index in [1.54, 1.807) is 13.2 Å². The number of likely N-dealkylation sites (N-methyl/N-ethyl adjacent to an activating group) is 1. The van der Waals surface area contributed by atoms with Gasteiger partial charge in [0.25, 0.3) is 0 Å². The Balaban J connectivity index is 2.20. The highest BCUT2D eigenvalue weighted by Crippen LogP contribution is 2.37. The third kappa shape index (κ3) is 3.60. The maximum Gasteiger partial charge on any atom is 0.124 e. The lowest BCUT2D eigenvalue weighted by molar-refractivity contribution is -0.0351. The summed E-state index contributed by atoms with van der Waals surface area (Å²) in [6.45, 7) is 3.00. The average molecular weight is 344 g/mol. The number of benzene rings is 1. The van der Waals surface area contributed by atoms with Gasteiger partial charge in [0.2, 0.25) is 0 Å². The van der Waals surface area contributed by atoms with E-state index < -0.39 is 0 Å². The van der Waals surface area contributed by atoms with Crippen molar-refractivity contribution in [1.29, 1.82) is 0 Å². The van der Waals surface area contributed by atoms with Gasteiger partial charge in [-0.25, -0.2) is 4.39 Å². The Morgan fingerprint density at radius 2 is 2.05 bits per heavy atom. The van der Waals surface area contributed by atoms with E-state index in [-0.39, 0.29) is 17.5 Å². The van der Waals surface area contributed by atoms with Crippen LogP contribution in [-0.2, 0) is 11.2 Å². The number of nitrogens with one attached hydrogen (secondary N) is 1. The Morgan fingerprint density at radius 3 is 2.60 bits per heavy atom. The van der Waals surface area contributed by atoms with Crippen molar-refractivity contribution < 1.29 is 9.13 Å². The first kappa shape index (κ1) is 15.9. The fourth-order valence-corrected chi connectivity index (χ4v) is 3.84. The van der Waals surface area contributed by atoms with Crippen molar-refractivity contribution in [1.82, 2.24) is 5.32 Å². The van der Waals surface area contributed by atoms with Gasteiger partial charge >= 0.3 is 0 Å². The molecule has 0 radical (unpaired) electrons. The summed E-state index contributed by atoms with van der Waals surface area (Å²) in [5, 5.41) is 3.54. The molecular weight excluding hydrogens is 321 g/mol. The van der Waals surface area contributed by atoms with Crippen LogP contribution in [0.3, 0.4) is 0 Å². The predicted octanol–water partition coefficient (Wildman–Crippen LogP) is 4.07. The number of halogens is 2. The standard InChI is InChI=1S/C16H23BrFNO/c1-3-19-15(16(20-2)6-4-5-7-16)10-12-8-13(17)11-14(18)9-12/h8-9,11,15,19H,3-7,10H2,1-2H3. The zero-order chi connectivity index (χ0) is 14.6. The van der Waals surface area contributed by atoms with E-state index in [4.69, 9.17) is 4.74 Å². The van der Waals surface area contributed by atoms with Crippen LogP contribution in [0.15, 0.2) is 22.7 Å². The second-order valence-electron chi connectivity index (χ2n) is 5.57. The van der Waals surface area contributed by atoms with Gasteiger partial charge in [0.05, 0.1) is 5.60 Å². The molecule has 1 aliphatic rings. The van der Waals surface area contributed by atoms with Crippen LogP contribution < -0.4 is 5.32 Å². The molecule has 0 amide bonds. The van der Waals surface area contributed by atoms with E-state index in [0.717, 1.165) is 35.8 Å². The molecule has 0 aromatic heterocycles. The molecule has 20 heavy (non-hydrogen) atoms. The zero-order valence-electron chi connectivity index (χ0n) is 12.2. The van der Waals surface area contributed by atoms with Crippen molar-refractivity contribution in [2.45, 2.75) is 50.7 Å². The van der Waals surface area contributed by atoms with Crippen molar-refractivity contribution in [2.24, 2.45) is 0 Å². The van der Waals surface area contributed by atoms with E-state index >= 15 is 0 Å². The Bertz CT molecular complexity index is 426. The third-order valence-electron chi connectivity index (χ3n) is 4.30. The number of hydrogen-bond acceptors (Lipinski definition) is 2. The van der Waals surface area contributed by atoms with Crippen molar-refractivity contribution in [2.75, 3.05) is 13.7 Å². The molecule has 0 heterocycles. The van der Waals surface area contributed by atoms with Crippen LogP contribution >= 0.6 is 15.9 Å². The van der Waals surface area contributed by atoms with E-state index in [1.807, 2.05) is 6.07 Å². The van der Waals surface area contributed by atoms with Crippen LogP contribution in [0, 0.1) is 5.82 Å². The maximum absolute atomic E-state index is 13.5. The van der Waals surface area contributed by atoms with Gasteiger partial charge < -0.3 is 10.1 Å². The molecule has 1 atom stereocenters. The van der Waals surface area contributed by atoms with Crippen LogP contribution in [-0.4, -0.2) is 25.3 Å². The van der Waals surface area contributed by atoms with E-state index in [9.17, 15) is 4.39 Å². The SMILES string of the molecule is CCNC(Cc1cc(F)cc(Br)c1)C1(OC)CCCC1. The largest absolute Gasteiger partial charge is 0.377 e. The first-order chi connectivity index (χ1) is 9.59. The third-order valence-corrected chi connectivity index (χ3v) is 4.76. The van der Waals surface area contributed by atoms with Gasteiger partial charge in [-0.2, -0.15) is 0 Å². The molecule has 0 spiro atoms. The molecule has 0 bridgehead atoms. The normalized spacial score (nSPS) is 19.2. The summed E-state index contributed by atoms with van der Waals surface area (Å²) >= 11 is 3.36. The van der Waals surface area contributed by atoms with Gasteiger partial charge in [0.15, 0.2) is 0 Å². The molecule has 1 aromatic carbocycles. The maximum atomic E-state index is 13.5. The summed E-state index contributed by atoms with van der Waals surface area (Å²) in [5.41, 5.74) is 0.903. The highest BCUT2D eigenvalue weighted by molar-refractivity contribution is 9.10. The number of ether oxygens (including phenoxy) is 1. The topological polar surface area (TPSA) is 21.3 Å². The van der Waals surface area contributed by atoms with E-state index in [1.165, 1.54) is 18.9 Å². The minimum Gasteiger partial charge on any atom is -0.377 e. The smallest absolute Gasteiger partial charge is 0.124 e. The minimum atomic E-state index is -0.192. The van der Waals surface area contributed by atoms with Crippen LogP contribution in [0.4, 0.5) is 4.39 Å². The zero-order valence-corrected chi connectivity index (χ0v) is 13.8. The number of methoxy groups -OCH3 is 1. The van der Waals surface area contributed by atoms with Crippen LogP contribution in [0.2, 0.25) is 0 Å². The summed E-state index contributed by atoms with van der Waals surface area (Å²) in [6.07, 6.45) is 5.37. The van der Waals surface area contributed by atoms with Gasteiger partial charge in [0, 0.05) is 17.6 Å². The van der Waals surface area contributed by atoms with Crippen LogP contribution in [0.25, 0.3) is 0 Å². The molecule has 1 aliphatic carbocycles. The molecule has 0 saturated heterocycles. The van der Waals surface area contributed by atoms with Crippen molar-refractivity contribution >= 4 is 15.9 Å². The summed E-state index contributed by atoms with van der Waals surface area (Å²) < 4.78 is 20.2. The summed E-state index contributed by atoms with van der Waals surface area (Å²) in [6, 6.07) is 5.33. The lowest BCUT2D eigenvalue weighted by Crippen LogP contribution is -2.51. The van der Waals surface area contributed by atoms with Crippen LogP contribution in [0.5, 0.6) is 0 Å². The van der Waals surface area contributed by atoms with Gasteiger partial charge in [0.1, 0.15) is 5.82 Å². The molecule has 2 rings (SSSR count). The fraction of sp³-hybridized carbons (Fsp3) is 0.625. The first-order valence-electron chi connectivity index (χ1n) is 7.33. The Morgan fingerprint density at radius 1 is 1.35 bits per heavy atom. The second kappa shape index (κ2) is 7.01. The highest BCUT2D eigenvalue weighted by atomic mass is 79.9. The van der Waals surface area contributed by atoms with Gasteiger partial charge in [-0.3, -0.25) is 0 Å². The molecule has 1 N–H and O–H groups in total. The highest BCUT2D eigenvalue weighted by Gasteiger charge is 2.41. The molecule has 1 saturated carbocycles. The average Bonchev–Trinajstić information content (AvgIpc) is 2.87. The second-order valence-corrected chi connectivity index (χ2v) is 6.48. The van der Waals surface area contributed by atoms with Crippen molar-refractivity contribution in [3.63, 3.8) is 0 Å². The lowest BCUT2D eigenvalue weighted by Gasteiger charge is -2.37. The predicted molar refractivity (Wildman–Crippen MR) is 83.5 cm³/mol. The lowest BCUT2D eigenvalue weighted by atomic mass is 9.87. The van der Waals surface area contributed by atoms with Crippen LogP contribution in [0.1, 0.15) is 38.2 Å². The molecule has 2 nitrogen and oxygen atoms in total. The van der Waals surface area contributed by atoms with Gasteiger partial charge in [-0.05, 0) is 49.6 Å². The van der Waals surface area contributed by atoms with E-state index in [2.05, 4.69) is 28.2 Å². The molecule has 1 aromatic rings. The molecule has 1 unspecified atom stereocenters. The van der Waals surface area contributed by atoms with Crippen molar-refractivity contribution in [3.05, 3.63) is 34.1 Å². The quantitative estimate of drug-likeness (QED) is 0.840. The van der Waals surface area contributed by atoms with E-state index in [0.29, 0.717) is 0 Å². The molecule has 1 fully saturated rings. The van der Waals surface area contributed by atoms with Crippen molar-refractivity contribution in [3.8, 4) is 0 Å². The number of rotatable bonds is 6. The summed E-state index contributed by atoms with van der Waals surface area (Å²) in [7, 11) is 1.80.